The monoisotopic (exact) mass is 326 g/mol. The predicted molar refractivity (Wildman–Crippen MR) is 98.6 cm³/mol. The Morgan fingerprint density at radius 1 is 1.04 bits per heavy atom. The topological polar surface area (TPSA) is 58.1 Å². The van der Waals surface area contributed by atoms with E-state index in [1.807, 2.05) is 24.3 Å². The fraction of sp³-hybridized carbons (Fsp3) is 0.421. The second kappa shape index (κ2) is 9.01. The molecule has 1 N–H and O–H groups in total. The number of benzene rings is 1. The number of rotatable bonds is 8. The van der Waals surface area contributed by atoms with E-state index in [0.717, 1.165) is 43.6 Å². The zero-order valence-electron chi connectivity index (χ0n) is 14.7. The van der Waals surface area contributed by atoms with Crippen molar-refractivity contribution in [2.24, 2.45) is 0 Å². The van der Waals surface area contributed by atoms with Gasteiger partial charge in [-0.05, 0) is 30.9 Å². The highest BCUT2D eigenvalue weighted by Gasteiger charge is 2.12. The van der Waals surface area contributed by atoms with Crippen molar-refractivity contribution in [2.45, 2.75) is 40.0 Å². The average molecular weight is 326 g/mol. The minimum atomic E-state index is -0.181. The molecule has 0 unspecified atom stereocenters. The summed E-state index contributed by atoms with van der Waals surface area (Å²) in [6.07, 6.45) is 6.16. The highest BCUT2D eigenvalue weighted by Crippen LogP contribution is 2.17. The molecule has 0 bridgehead atoms. The van der Waals surface area contributed by atoms with Crippen LogP contribution in [0.5, 0.6) is 0 Å². The molecule has 0 saturated carbocycles. The van der Waals surface area contributed by atoms with Gasteiger partial charge in [-0.15, -0.1) is 0 Å². The Morgan fingerprint density at radius 3 is 2.25 bits per heavy atom. The van der Waals surface area contributed by atoms with Crippen molar-refractivity contribution in [1.82, 2.24) is 9.97 Å². The summed E-state index contributed by atoms with van der Waals surface area (Å²) in [7, 11) is 0. The van der Waals surface area contributed by atoms with Gasteiger partial charge in [-0.2, -0.15) is 0 Å². The Morgan fingerprint density at radius 2 is 1.67 bits per heavy atom. The molecule has 1 aromatic heterocycles. The molecule has 0 aliphatic carbocycles. The largest absolute Gasteiger partial charge is 0.341 e. The van der Waals surface area contributed by atoms with Crippen LogP contribution in [0, 0.1) is 0 Å². The molecule has 1 heterocycles. The van der Waals surface area contributed by atoms with Crippen LogP contribution in [0.25, 0.3) is 0 Å². The van der Waals surface area contributed by atoms with Gasteiger partial charge in [-0.1, -0.05) is 39.0 Å². The van der Waals surface area contributed by atoms with E-state index in [2.05, 4.69) is 41.0 Å². The number of aryl methyl sites for hydroxylation is 1. The van der Waals surface area contributed by atoms with E-state index in [4.69, 9.17) is 0 Å². The van der Waals surface area contributed by atoms with Crippen molar-refractivity contribution in [3.05, 3.63) is 47.8 Å². The molecule has 24 heavy (non-hydrogen) atoms. The molecular formula is C19H26N4O. The molecule has 0 radical (unpaired) electrons. The molecule has 0 spiro atoms. The van der Waals surface area contributed by atoms with E-state index >= 15 is 0 Å². The second-order valence-corrected chi connectivity index (χ2v) is 5.72. The second-order valence-electron chi connectivity index (χ2n) is 5.72. The molecule has 0 aliphatic heterocycles. The maximum Gasteiger partial charge on any atom is 0.258 e. The van der Waals surface area contributed by atoms with Crippen molar-refractivity contribution in [2.75, 3.05) is 23.3 Å². The predicted octanol–water partition coefficient (Wildman–Crippen LogP) is 3.92. The van der Waals surface area contributed by atoms with Crippen LogP contribution >= 0.6 is 0 Å². The lowest BCUT2D eigenvalue weighted by molar-refractivity contribution is 0.102. The zero-order valence-corrected chi connectivity index (χ0v) is 14.7. The number of hydrogen-bond acceptors (Lipinski definition) is 4. The van der Waals surface area contributed by atoms with E-state index in [1.54, 1.807) is 12.4 Å². The summed E-state index contributed by atoms with van der Waals surface area (Å²) in [4.78, 5) is 23.3. The van der Waals surface area contributed by atoms with E-state index < -0.39 is 0 Å². The van der Waals surface area contributed by atoms with Gasteiger partial charge in [-0.25, -0.2) is 9.97 Å². The standard InChI is InChI=1S/C19H26N4O/c1-4-11-23(12-5-2)19-20-13-16(14-21-19)18(24)22-17-10-8-7-9-15(17)6-3/h7-10,13-14H,4-6,11-12H2,1-3H3,(H,22,24). The summed E-state index contributed by atoms with van der Waals surface area (Å²) in [5.74, 6) is 0.504. The molecular weight excluding hydrogens is 300 g/mol. The minimum Gasteiger partial charge on any atom is -0.341 e. The Balaban J connectivity index is 2.10. The highest BCUT2D eigenvalue weighted by molar-refractivity contribution is 6.04. The van der Waals surface area contributed by atoms with Gasteiger partial charge in [0.25, 0.3) is 5.91 Å². The first-order valence-corrected chi connectivity index (χ1v) is 8.65. The van der Waals surface area contributed by atoms with Gasteiger partial charge in [0.2, 0.25) is 5.95 Å². The van der Waals surface area contributed by atoms with Gasteiger partial charge in [0.15, 0.2) is 0 Å². The summed E-state index contributed by atoms with van der Waals surface area (Å²) >= 11 is 0. The van der Waals surface area contributed by atoms with Crippen molar-refractivity contribution < 1.29 is 4.79 Å². The minimum absolute atomic E-state index is 0.181. The molecule has 0 atom stereocenters. The molecule has 1 amide bonds. The number of carbonyl (C=O) groups excluding carboxylic acids is 1. The molecule has 1 aromatic carbocycles. The number of hydrogen-bond donors (Lipinski definition) is 1. The first kappa shape index (κ1) is 17.9. The van der Waals surface area contributed by atoms with Crippen molar-refractivity contribution in [3.8, 4) is 0 Å². The fourth-order valence-electron chi connectivity index (χ4n) is 2.60. The number of nitrogens with one attached hydrogen (secondary N) is 1. The molecule has 2 aromatic rings. The molecule has 0 aliphatic rings. The number of aromatic nitrogens is 2. The van der Waals surface area contributed by atoms with E-state index in [0.29, 0.717) is 11.5 Å². The lowest BCUT2D eigenvalue weighted by atomic mass is 10.1. The van der Waals surface area contributed by atoms with Crippen molar-refractivity contribution in [3.63, 3.8) is 0 Å². The van der Waals surface area contributed by atoms with E-state index in [9.17, 15) is 4.79 Å². The van der Waals surface area contributed by atoms with Gasteiger partial charge in [0, 0.05) is 31.2 Å². The van der Waals surface area contributed by atoms with Crippen LogP contribution in [-0.2, 0) is 6.42 Å². The van der Waals surface area contributed by atoms with Crippen LogP contribution in [0.1, 0.15) is 49.5 Å². The summed E-state index contributed by atoms with van der Waals surface area (Å²) in [5, 5.41) is 2.94. The first-order chi connectivity index (χ1) is 11.7. The first-order valence-electron chi connectivity index (χ1n) is 8.65. The maximum atomic E-state index is 12.4. The molecule has 0 fully saturated rings. The molecule has 5 heteroatoms. The third-order valence-corrected chi connectivity index (χ3v) is 3.82. The van der Waals surface area contributed by atoms with Crippen LogP contribution in [-0.4, -0.2) is 29.0 Å². The Bertz CT molecular complexity index is 649. The summed E-state index contributed by atoms with van der Waals surface area (Å²) < 4.78 is 0. The number of carbonyl (C=O) groups is 1. The third kappa shape index (κ3) is 4.54. The van der Waals surface area contributed by atoms with Crippen LogP contribution in [0.4, 0.5) is 11.6 Å². The molecule has 0 saturated heterocycles. The van der Waals surface area contributed by atoms with E-state index in [-0.39, 0.29) is 5.91 Å². The zero-order chi connectivity index (χ0) is 17.4. The van der Waals surface area contributed by atoms with Crippen molar-refractivity contribution in [1.29, 1.82) is 0 Å². The quantitative estimate of drug-likeness (QED) is 0.799. The van der Waals surface area contributed by atoms with Gasteiger partial charge >= 0.3 is 0 Å². The van der Waals surface area contributed by atoms with Gasteiger partial charge < -0.3 is 10.2 Å². The van der Waals surface area contributed by atoms with Crippen molar-refractivity contribution >= 4 is 17.5 Å². The summed E-state index contributed by atoms with van der Waals surface area (Å²) in [6, 6.07) is 7.82. The normalized spacial score (nSPS) is 10.5. The van der Waals surface area contributed by atoms with Gasteiger partial charge in [-0.3, -0.25) is 4.79 Å². The highest BCUT2D eigenvalue weighted by atomic mass is 16.1. The maximum absolute atomic E-state index is 12.4. The van der Waals surface area contributed by atoms with Crippen LogP contribution in [0.3, 0.4) is 0 Å². The molecule has 2 rings (SSSR count). The molecule has 5 nitrogen and oxygen atoms in total. The Kier molecular flexibility index (Phi) is 6.73. The summed E-state index contributed by atoms with van der Waals surface area (Å²) in [6.45, 7) is 8.18. The average Bonchev–Trinajstić information content (AvgIpc) is 2.62. The molecule has 128 valence electrons. The SMILES string of the molecule is CCCN(CCC)c1ncc(C(=O)Nc2ccccc2CC)cn1. The van der Waals surface area contributed by atoms with Gasteiger partial charge in [0.1, 0.15) is 0 Å². The van der Waals surface area contributed by atoms with E-state index in [1.165, 1.54) is 0 Å². The third-order valence-electron chi connectivity index (χ3n) is 3.82. The number of amides is 1. The number of para-hydroxylation sites is 1. The smallest absolute Gasteiger partial charge is 0.258 e. The lowest BCUT2D eigenvalue weighted by Gasteiger charge is -2.21. The number of nitrogens with zero attached hydrogens (tertiary/aromatic N) is 3. The fourth-order valence-corrected chi connectivity index (χ4v) is 2.60. The van der Waals surface area contributed by atoms with Crippen LogP contribution in [0.15, 0.2) is 36.7 Å². The Hall–Kier alpha value is -2.43. The number of anilines is 2. The van der Waals surface area contributed by atoms with Crippen LogP contribution in [0.2, 0.25) is 0 Å². The van der Waals surface area contributed by atoms with Gasteiger partial charge in [0.05, 0.1) is 5.56 Å². The summed E-state index contributed by atoms with van der Waals surface area (Å²) in [5.41, 5.74) is 2.42. The Labute approximate surface area is 144 Å². The lowest BCUT2D eigenvalue weighted by Crippen LogP contribution is -2.27. The van der Waals surface area contributed by atoms with Crippen LogP contribution < -0.4 is 10.2 Å².